The number of furan rings is 1. The maximum Gasteiger partial charge on any atom is 0.169 e. The van der Waals surface area contributed by atoms with Crippen molar-refractivity contribution in [1.29, 1.82) is 0 Å². The number of ether oxygens (including phenoxy) is 2. The molecule has 0 saturated heterocycles. The van der Waals surface area contributed by atoms with E-state index in [0.717, 1.165) is 24.1 Å². The number of fused-ring (bicyclic) bond motifs is 1. The van der Waals surface area contributed by atoms with Crippen LogP contribution in [0.2, 0.25) is 0 Å². The van der Waals surface area contributed by atoms with Gasteiger partial charge in [-0.15, -0.1) is 0 Å². The third kappa shape index (κ3) is 4.27. The van der Waals surface area contributed by atoms with Crippen LogP contribution in [-0.2, 0) is 9.47 Å². The Morgan fingerprint density at radius 1 is 1.29 bits per heavy atom. The first-order chi connectivity index (χ1) is 10.3. The molecule has 2 rings (SSSR count). The highest BCUT2D eigenvalue weighted by atomic mass is 19.1. The fraction of sp³-hybridized carbons (Fsp3) is 0.500. The van der Waals surface area contributed by atoms with E-state index in [9.17, 15) is 4.39 Å². The van der Waals surface area contributed by atoms with Gasteiger partial charge in [-0.25, -0.2) is 4.39 Å². The van der Waals surface area contributed by atoms with Crippen LogP contribution in [0.15, 0.2) is 28.7 Å². The summed E-state index contributed by atoms with van der Waals surface area (Å²) < 4.78 is 29.8. The number of nitrogens with one attached hydrogen (secondary N) is 1. The highest BCUT2D eigenvalue weighted by molar-refractivity contribution is 5.78. The number of para-hydroxylation sites is 1. The second kappa shape index (κ2) is 8.12. The third-order valence-electron chi connectivity index (χ3n) is 3.29. The molecule has 1 unspecified atom stereocenters. The molecule has 1 aromatic heterocycles. The molecular formula is C16H22FNO3. The van der Waals surface area contributed by atoms with Crippen LogP contribution in [-0.4, -0.2) is 33.5 Å². The molecule has 4 nitrogen and oxygen atoms in total. The first kappa shape index (κ1) is 15.9. The van der Waals surface area contributed by atoms with E-state index in [1.807, 2.05) is 19.1 Å². The number of hydrogen-bond acceptors (Lipinski definition) is 4. The van der Waals surface area contributed by atoms with Gasteiger partial charge < -0.3 is 19.2 Å². The second-order valence-corrected chi connectivity index (χ2v) is 4.81. The maximum absolute atomic E-state index is 13.7. The molecule has 0 fully saturated rings. The highest BCUT2D eigenvalue weighted by Crippen LogP contribution is 2.27. The van der Waals surface area contributed by atoms with Gasteiger partial charge in [-0.2, -0.15) is 0 Å². The van der Waals surface area contributed by atoms with Gasteiger partial charge in [-0.1, -0.05) is 19.1 Å². The lowest BCUT2D eigenvalue weighted by molar-refractivity contribution is 0.0650. The minimum absolute atomic E-state index is 0.0179. The second-order valence-electron chi connectivity index (χ2n) is 4.81. The molecule has 1 atom stereocenters. The Labute approximate surface area is 124 Å². The maximum atomic E-state index is 13.7. The van der Waals surface area contributed by atoms with Crippen LogP contribution in [0.3, 0.4) is 0 Å². The molecule has 116 valence electrons. The molecule has 0 aliphatic carbocycles. The van der Waals surface area contributed by atoms with Crippen molar-refractivity contribution >= 4 is 11.0 Å². The minimum Gasteiger partial charge on any atom is -0.456 e. The fourth-order valence-electron chi connectivity index (χ4n) is 2.26. The van der Waals surface area contributed by atoms with Crippen LogP contribution in [0, 0.1) is 5.82 Å². The number of benzene rings is 1. The van der Waals surface area contributed by atoms with Crippen molar-refractivity contribution in [3.8, 4) is 0 Å². The van der Waals surface area contributed by atoms with E-state index in [1.54, 1.807) is 13.2 Å². The van der Waals surface area contributed by atoms with E-state index in [1.165, 1.54) is 6.07 Å². The lowest BCUT2D eigenvalue weighted by Crippen LogP contribution is -2.22. The Morgan fingerprint density at radius 2 is 2.14 bits per heavy atom. The van der Waals surface area contributed by atoms with Crippen LogP contribution in [0.5, 0.6) is 0 Å². The average Bonchev–Trinajstić information content (AvgIpc) is 2.91. The Bertz CT molecular complexity index is 555. The van der Waals surface area contributed by atoms with Gasteiger partial charge in [0.1, 0.15) is 5.76 Å². The lowest BCUT2D eigenvalue weighted by Gasteiger charge is -2.15. The van der Waals surface area contributed by atoms with E-state index >= 15 is 0 Å². The fourth-order valence-corrected chi connectivity index (χ4v) is 2.26. The first-order valence-corrected chi connectivity index (χ1v) is 7.24. The summed E-state index contributed by atoms with van der Waals surface area (Å²) in [6.45, 7) is 4.59. The summed E-state index contributed by atoms with van der Waals surface area (Å²) in [4.78, 5) is 0. The topological polar surface area (TPSA) is 43.6 Å². The summed E-state index contributed by atoms with van der Waals surface area (Å²) in [5.74, 6) is 0.414. The molecule has 0 radical (unpaired) electrons. The highest BCUT2D eigenvalue weighted by Gasteiger charge is 2.16. The van der Waals surface area contributed by atoms with Gasteiger partial charge in [-0.3, -0.25) is 0 Å². The molecule has 5 heteroatoms. The van der Waals surface area contributed by atoms with Gasteiger partial charge in [-0.05, 0) is 25.1 Å². The smallest absolute Gasteiger partial charge is 0.169 e. The van der Waals surface area contributed by atoms with Gasteiger partial charge in [0.25, 0.3) is 0 Å². The SMILES string of the molecule is CCNC(CCOCCOC)c1cc2cccc(F)c2o1. The van der Waals surface area contributed by atoms with Crippen molar-refractivity contribution in [2.75, 3.05) is 33.5 Å². The van der Waals surface area contributed by atoms with E-state index in [4.69, 9.17) is 13.9 Å². The zero-order chi connectivity index (χ0) is 15.1. The predicted octanol–water partition coefficient (Wildman–Crippen LogP) is 3.28. The summed E-state index contributed by atoms with van der Waals surface area (Å²) in [5.41, 5.74) is 0.315. The molecule has 0 spiro atoms. The van der Waals surface area contributed by atoms with Crippen LogP contribution in [0.4, 0.5) is 4.39 Å². The van der Waals surface area contributed by atoms with E-state index in [2.05, 4.69) is 5.32 Å². The first-order valence-electron chi connectivity index (χ1n) is 7.24. The number of rotatable bonds is 9. The minimum atomic E-state index is -0.328. The molecule has 21 heavy (non-hydrogen) atoms. The Morgan fingerprint density at radius 3 is 2.86 bits per heavy atom. The number of methoxy groups -OCH3 is 1. The molecule has 0 bridgehead atoms. The summed E-state index contributed by atoms with van der Waals surface area (Å²) in [6.07, 6.45) is 0.763. The summed E-state index contributed by atoms with van der Waals surface area (Å²) in [6, 6.07) is 6.85. The zero-order valence-electron chi connectivity index (χ0n) is 12.5. The van der Waals surface area contributed by atoms with Crippen molar-refractivity contribution in [2.45, 2.75) is 19.4 Å². The molecule has 2 aromatic rings. The van der Waals surface area contributed by atoms with Gasteiger partial charge in [0, 0.05) is 19.1 Å². The average molecular weight is 295 g/mol. The quantitative estimate of drug-likeness (QED) is 0.721. The summed E-state index contributed by atoms with van der Waals surface area (Å²) >= 11 is 0. The number of hydrogen-bond donors (Lipinski definition) is 1. The van der Waals surface area contributed by atoms with E-state index in [0.29, 0.717) is 25.4 Å². The van der Waals surface area contributed by atoms with Gasteiger partial charge in [0.15, 0.2) is 11.4 Å². The van der Waals surface area contributed by atoms with Gasteiger partial charge >= 0.3 is 0 Å². The predicted molar refractivity (Wildman–Crippen MR) is 79.9 cm³/mol. The van der Waals surface area contributed by atoms with Gasteiger partial charge in [0.05, 0.1) is 19.3 Å². The molecule has 0 aliphatic heterocycles. The number of halogens is 1. The van der Waals surface area contributed by atoms with Crippen molar-refractivity contribution in [1.82, 2.24) is 5.32 Å². The van der Waals surface area contributed by atoms with Gasteiger partial charge in [0.2, 0.25) is 0 Å². The summed E-state index contributed by atoms with van der Waals surface area (Å²) in [7, 11) is 1.65. The van der Waals surface area contributed by atoms with Crippen LogP contribution in [0.25, 0.3) is 11.0 Å². The largest absolute Gasteiger partial charge is 0.456 e. The Hall–Kier alpha value is -1.43. The van der Waals surface area contributed by atoms with Crippen molar-refractivity contribution in [2.24, 2.45) is 0 Å². The van der Waals surface area contributed by atoms with Crippen molar-refractivity contribution < 1.29 is 18.3 Å². The molecule has 0 amide bonds. The molecule has 0 aliphatic rings. The van der Waals surface area contributed by atoms with Crippen LogP contribution in [0.1, 0.15) is 25.1 Å². The summed E-state index contributed by atoms with van der Waals surface area (Å²) in [5, 5.41) is 4.13. The van der Waals surface area contributed by atoms with E-state index < -0.39 is 0 Å². The normalized spacial score (nSPS) is 12.9. The van der Waals surface area contributed by atoms with E-state index in [-0.39, 0.29) is 11.9 Å². The molecule has 1 aromatic carbocycles. The monoisotopic (exact) mass is 295 g/mol. The Kier molecular flexibility index (Phi) is 6.17. The molecule has 0 saturated carbocycles. The lowest BCUT2D eigenvalue weighted by atomic mass is 10.1. The molecule has 1 N–H and O–H groups in total. The van der Waals surface area contributed by atoms with Crippen molar-refractivity contribution in [3.63, 3.8) is 0 Å². The van der Waals surface area contributed by atoms with Crippen molar-refractivity contribution in [3.05, 3.63) is 35.8 Å². The van der Waals surface area contributed by atoms with Crippen LogP contribution < -0.4 is 5.32 Å². The van der Waals surface area contributed by atoms with Crippen LogP contribution >= 0.6 is 0 Å². The third-order valence-corrected chi connectivity index (χ3v) is 3.29. The Balaban J connectivity index is 2.03. The molecule has 1 heterocycles. The zero-order valence-corrected chi connectivity index (χ0v) is 12.5. The molecular weight excluding hydrogens is 273 g/mol. The standard InChI is InChI=1S/C16H22FNO3/c1-3-18-14(7-8-20-10-9-19-2)15-11-12-5-4-6-13(17)16(12)21-15/h4-6,11,14,18H,3,7-10H2,1-2H3.